The Morgan fingerprint density at radius 1 is 1.10 bits per heavy atom. The number of likely N-dealkylation sites (N-methyl/N-ethyl adjacent to an activating group) is 1. The number of fused-ring (bicyclic) bond motifs is 1. The summed E-state index contributed by atoms with van der Waals surface area (Å²) in [6.45, 7) is 12.5. The number of carbonyl (C=O) groups is 2. The van der Waals surface area contributed by atoms with E-state index >= 15 is 0 Å². The number of urea groups is 1. The molecule has 0 saturated carbocycles. The van der Waals surface area contributed by atoms with Crippen LogP contribution >= 0.6 is 0 Å². The highest BCUT2D eigenvalue weighted by Crippen LogP contribution is 2.30. The summed E-state index contributed by atoms with van der Waals surface area (Å²) >= 11 is 0. The summed E-state index contributed by atoms with van der Waals surface area (Å²) in [5.41, 5.74) is 1.54. The highest BCUT2D eigenvalue weighted by Gasteiger charge is 2.32. The molecule has 1 aliphatic heterocycles. The van der Waals surface area contributed by atoms with Gasteiger partial charge in [-0.2, -0.15) is 0 Å². The molecule has 3 amide bonds. The number of nitrogens with zero attached hydrogens (tertiary/aromatic N) is 4. The standard InChI is InChI=1S/C33H48N6O9S/c1-19-16-39(20(2)18-40)32(41)27-15-26(37-49(43,44)31-23(5)36-48-25(31)7)12-13-28(27)46-21(3)11-9-10-14-45-29(19)17-38(8)33(42)34-30-22(4)35-47-24(30)6/h12-13,15,19-21,29,37,40H,9-11,14,16-18H2,1-8H3,(H,34,42)/t19-,20+,21+,29-/m0/s1. The molecular weight excluding hydrogens is 656 g/mol. The van der Waals surface area contributed by atoms with Crippen molar-refractivity contribution >= 4 is 33.3 Å². The van der Waals surface area contributed by atoms with Crippen LogP contribution in [0.1, 0.15) is 73.3 Å². The molecule has 16 heteroatoms. The van der Waals surface area contributed by atoms with Crippen LogP contribution in [0.5, 0.6) is 5.75 Å². The maximum atomic E-state index is 14.4. The normalized spacial score (nSPS) is 20.1. The highest BCUT2D eigenvalue weighted by molar-refractivity contribution is 7.92. The third-order valence-corrected chi connectivity index (χ3v) is 10.2. The molecule has 0 spiro atoms. The van der Waals surface area contributed by atoms with Crippen LogP contribution in [-0.4, -0.2) is 97.2 Å². The molecule has 4 rings (SSSR count). The topological polar surface area (TPSA) is 190 Å². The first-order chi connectivity index (χ1) is 23.1. The van der Waals surface area contributed by atoms with E-state index in [-0.39, 0.29) is 65.3 Å². The van der Waals surface area contributed by atoms with Gasteiger partial charge in [0.05, 0.1) is 30.4 Å². The Balaban J connectivity index is 1.64. The van der Waals surface area contributed by atoms with E-state index in [1.807, 2.05) is 13.8 Å². The van der Waals surface area contributed by atoms with Gasteiger partial charge in [0.15, 0.2) is 16.4 Å². The van der Waals surface area contributed by atoms with Gasteiger partial charge in [-0.3, -0.25) is 9.52 Å². The third kappa shape index (κ3) is 9.10. The van der Waals surface area contributed by atoms with E-state index in [9.17, 15) is 23.1 Å². The minimum absolute atomic E-state index is 0.0791. The number of aryl methyl sites for hydroxylation is 4. The Morgan fingerprint density at radius 3 is 2.43 bits per heavy atom. The van der Waals surface area contributed by atoms with Crippen LogP contribution in [0.3, 0.4) is 0 Å². The highest BCUT2D eigenvalue weighted by atomic mass is 32.2. The average molecular weight is 705 g/mol. The summed E-state index contributed by atoms with van der Waals surface area (Å²) < 4.78 is 52.0. The molecule has 1 aromatic carbocycles. The summed E-state index contributed by atoms with van der Waals surface area (Å²) in [5.74, 6) is 0.166. The fourth-order valence-corrected chi connectivity index (χ4v) is 7.11. The lowest BCUT2D eigenvalue weighted by molar-refractivity contribution is -0.0115. The van der Waals surface area contributed by atoms with Crippen LogP contribution in [0.25, 0.3) is 0 Å². The SMILES string of the molecule is Cc1noc(C)c1NC(=O)N(C)C[C@@H]1OCCCC[C@@H](C)Oc2ccc(NS(=O)(=O)c3c(C)noc3C)cc2C(=O)N([C@H](C)CO)C[C@@H]1C. The van der Waals surface area contributed by atoms with Gasteiger partial charge in [-0.05, 0) is 79.0 Å². The molecule has 3 heterocycles. The Bertz CT molecular complexity index is 1680. The summed E-state index contributed by atoms with van der Waals surface area (Å²) in [4.78, 5) is 30.5. The minimum Gasteiger partial charge on any atom is -0.490 e. The van der Waals surface area contributed by atoms with Crippen LogP contribution in [0.4, 0.5) is 16.2 Å². The molecule has 0 saturated heterocycles. The molecule has 0 unspecified atom stereocenters. The molecule has 0 aliphatic carbocycles. The second kappa shape index (κ2) is 16.0. The Labute approximate surface area is 287 Å². The lowest BCUT2D eigenvalue weighted by Crippen LogP contribution is -2.48. The number of amides is 3. The van der Waals surface area contributed by atoms with Crippen molar-refractivity contribution in [3.8, 4) is 5.75 Å². The smallest absolute Gasteiger partial charge is 0.321 e. The first-order valence-corrected chi connectivity index (χ1v) is 17.9. The number of nitrogens with one attached hydrogen (secondary N) is 2. The molecular formula is C33H48N6O9S. The van der Waals surface area contributed by atoms with Crippen molar-refractivity contribution in [2.45, 2.75) is 90.9 Å². The van der Waals surface area contributed by atoms with E-state index in [0.29, 0.717) is 35.9 Å². The number of rotatable bonds is 8. The van der Waals surface area contributed by atoms with Gasteiger partial charge in [0, 0.05) is 38.3 Å². The number of carbonyl (C=O) groups excluding carboxylic acids is 2. The predicted molar refractivity (Wildman–Crippen MR) is 181 cm³/mol. The first kappa shape index (κ1) is 37.7. The molecule has 0 bridgehead atoms. The number of aliphatic hydroxyl groups is 1. The molecule has 0 radical (unpaired) electrons. The molecule has 4 atom stereocenters. The van der Waals surface area contributed by atoms with Crippen molar-refractivity contribution in [1.82, 2.24) is 20.1 Å². The molecule has 3 aromatic rings. The van der Waals surface area contributed by atoms with Crippen molar-refractivity contribution in [2.24, 2.45) is 5.92 Å². The van der Waals surface area contributed by atoms with Gasteiger partial charge in [-0.1, -0.05) is 17.2 Å². The zero-order valence-corrected chi connectivity index (χ0v) is 30.2. The van der Waals surface area contributed by atoms with Gasteiger partial charge in [-0.15, -0.1) is 0 Å². The van der Waals surface area contributed by atoms with Crippen molar-refractivity contribution in [1.29, 1.82) is 0 Å². The summed E-state index contributed by atoms with van der Waals surface area (Å²) in [5, 5.41) is 20.7. The summed E-state index contributed by atoms with van der Waals surface area (Å²) in [6.07, 6.45) is 1.48. The third-order valence-electron chi connectivity index (χ3n) is 8.61. The number of ether oxygens (including phenoxy) is 2. The van der Waals surface area contributed by atoms with Gasteiger partial charge < -0.3 is 38.7 Å². The Hall–Kier alpha value is -4.15. The second-order valence-electron chi connectivity index (χ2n) is 12.8. The quantitative estimate of drug-likeness (QED) is 0.296. The van der Waals surface area contributed by atoms with E-state index < -0.39 is 28.1 Å². The Morgan fingerprint density at radius 2 is 1.80 bits per heavy atom. The minimum atomic E-state index is -4.10. The van der Waals surface area contributed by atoms with Crippen LogP contribution in [0.2, 0.25) is 0 Å². The molecule has 3 N–H and O–H groups in total. The van der Waals surface area contributed by atoms with Crippen LogP contribution < -0.4 is 14.8 Å². The van der Waals surface area contributed by atoms with Crippen molar-refractivity contribution < 1.29 is 41.6 Å². The average Bonchev–Trinajstić information content (AvgIpc) is 3.56. The summed E-state index contributed by atoms with van der Waals surface area (Å²) in [7, 11) is -2.44. The van der Waals surface area contributed by atoms with Crippen molar-refractivity contribution in [3.05, 3.63) is 46.7 Å². The Kier molecular flexibility index (Phi) is 12.3. The van der Waals surface area contributed by atoms with Gasteiger partial charge >= 0.3 is 6.03 Å². The number of aromatic nitrogens is 2. The number of aliphatic hydroxyl groups excluding tert-OH is 1. The predicted octanol–water partition coefficient (Wildman–Crippen LogP) is 4.66. The van der Waals surface area contributed by atoms with Crippen molar-refractivity contribution in [3.63, 3.8) is 0 Å². The van der Waals surface area contributed by atoms with E-state index in [2.05, 4.69) is 20.4 Å². The molecule has 49 heavy (non-hydrogen) atoms. The molecule has 270 valence electrons. The van der Waals surface area contributed by atoms with E-state index in [4.69, 9.17) is 18.5 Å². The maximum Gasteiger partial charge on any atom is 0.321 e. The number of anilines is 2. The van der Waals surface area contributed by atoms with E-state index in [0.717, 1.165) is 12.8 Å². The first-order valence-electron chi connectivity index (χ1n) is 16.4. The lowest BCUT2D eigenvalue weighted by Gasteiger charge is -2.35. The van der Waals surface area contributed by atoms with Crippen LogP contribution in [0, 0.1) is 33.6 Å². The second-order valence-corrected chi connectivity index (χ2v) is 14.4. The van der Waals surface area contributed by atoms with Gasteiger partial charge in [0.25, 0.3) is 15.9 Å². The van der Waals surface area contributed by atoms with Gasteiger partial charge in [0.1, 0.15) is 22.8 Å². The lowest BCUT2D eigenvalue weighted by atomic mass is 10.0. The number of hydrogen-bond acceptors (Lipinski definition) is 11. The molecule has 1 aliphatic rings. The zero-order valence-electron chi connectivity index (χ0n) is 29.4. The number of hydrogen-bond donors (Lipinski definition) is 3. The van der Waals surface area contributed by atoms with E-state index in [1.54, 1.807) is 33.9 Å². The maximum absolute atomic E-state index is 14.4. The van der Waals surface area contributed by atoms with Gasteiger partial charge in [-0.25, -0.2) is 13.2 Å². The molecule has 0 fully saturated rings. The fourth-order valence-electron chi connectivity index (χ4n) is 5.73. The monoisotopic (exact) mass is 704 g/mol. The van der Waals surface area contributed by atoms with E-state index in [1.165, 1.54) is 35.8 Å². The number of sulfonamides is 1. The van der Waals surface area contributed by atoms with Crippen LogP contribution in [-0.2, 0) is 14.8 Å². The molecule has 2 aromatic heterocycles. The zero-order chi connectivity index (χ0) is 36.0. The fraction of sp³-hybridized carbons (Fsp3) is 0.576. The van der Waals surface area contributed by atoms with Crippen molar-refractivity contribution in [2.75, 3.05) is 43.4 Å². The summed E-state index contributed by atoms with van der Waals surface area (Å²) in [6, 6.07) is 3.57. The van der Waals surface area contributed by atoms with Crippen LogP contribution in [0.15, 0.2) is 32.1 Å². The van der Waals surface area contributed by atoms with Gasteiger partial charge in [0.2, 0.25) is 0 Å². The number of benzene rings is 1. The largest absolute Gasteiger partial charge is 0.490 e. The molecule has 15 nitrogen and oxygen atoms in total.